The van der Waals surface area contributed by atoms with Gasteiger partial charge >= 0.3 is 0 Å². The van der Waals surface area contributed by atoms with Crippen molar-refractivity contribution in [2.45, 2.75) is 70.9 Å². The molecule has 1 aliphatic carbocycles. The van der Waals surface area contributed by atoms with Gasteiger partial charge in [-0.05, 0) is 18.4 Å². The molecule has 0 fully saturated rings. The molecular formula is C16H29NO. The Morgan fingerprint density at radius 1 is 1.22 bits per heavy atom. The molecule has 0 radical (unpaired) electrons. The molecule has 0 bridgehead atoms. The molecule has 3 N–H and O–H groups in total. The van der Waals surface area contributed by atoms with E-state index in [4.69, 9.17) is 5.73 Å². The number of aliphatic hydroxyl groups is 1. The Balaban J connectivity index is 2.87. The quantitative estimate of drug-likeness (QED) is 0.727. The third-order valence-electron chi connectivity index (χ3n) is 4.03. The van der Waals surface area contributed by atoms with Gasteiger partial charge in [-0.2, -0.15) is 0 Å². The maximum atomic E-state index is 10.4. The van der Waals surface area contributed by atoms with Crippen LogP contribution in [-0.2, 0) is 0 Å². The zero-order valence-corrected chi connectivity index (χ0v) is 12.2. The van der Waals surface area contributed by atoms with Crippen LogP contribution in [0.15, 0.2) is 23.8 Å². The first-order chi connectivity index (χ1) is 8.55. The van der Waals surface area contributed by atoms with E-state index in [9.17, 15) is 5.11 Å². The summed E-state index contributed by atoms with van der Waals surface area (Å²) >= 11 is 0. The number of hydrogen-bond acceptors (Lipinski definition) is 2. The van der Waals surface area contributed by atoms with Gasteiger partial charge < -0.3 is 10.8 Å². The molecule has 2 nitrogen and oxygen atoms in total. The predicted octanol–water partition coefficient (Wildman–Crippen LogP) is 3.56. The fraction of sp³-hybridized carbons (Fsp3) is 0.750. The Morgan fingerprint density at radius 2 is 1.78 bits per heavy atom. The van der Waals surface area contributed by atoms with Gasteiger partial charge in [0, 0.05) is 11.5 Å². The zero-order valence-electron chi connectivity index (χ0n) is 12.2. The van der Waals surface area contributed by atoms with Crippen molar-refractivity contribution in [2.24, 2.45) is 11.7 Å². The van der Waals surface area contributed by atoms with Crippen molar-refractivity contribution < 1.29 is 5.11 Å². The molecule has 104 valence electrons. The van der Waals surface area contributed by atoms with Crippen molar-refractivity contribution in [3.8, 4) is 0 Å². The fourth-order valence-corrected chi connectivity index (χ4v) is 2.68. The van der Waals surface area contributed by atoms with Gasteiger partial charge in [-0.3, -0.25) is 0 Å². The van der Waals surface area contributed by atoms with Crippen LogP contribution in [0, 0.1) is 5.92 Å². The average molecular weight is 251 g/mol. The molecule has 0 aromatic rings. The highest BCUT2D eigenvalue weighted by atomic mass is 16.3. The number of hydrogen-bond donors (Lipinski definition) is 2. The summed E-state index contributed by atoms with van der Waals surface area (Å²) in [5.41, 5.74) is 7.36. The number of unbranched alkanes of at least 4 members (excludes halogenated alkanes) is 2. The van der Waals surface area contributed by atoms with Crippen LogP contribution < -0.4 is 5.73 Å². The number of aliphatic hydroxyl groups excluding tert-OH is 1. The Hall–Kier alpha value is -0.600. The minimum atomic E-state index is -0.409. The maximum absolute atomic E-state index is 10.4. The predicted molar refractivity (Wildman–Crippen MR) is 78.4 cm³/mol. The Bertz CT molecular complexity index is 298. The van der Waals surface area contributed by atoms with Crippen LogP contribution >= 0.6 is 0 Å². The van der Waals surface area contributed by atoms with E-state index in [0.29, 0.717) is 0 Å². The second kappa shape index (κ2) is 7.10. The number of rotatable bonds is 7. The summed E-state index contributed by atoms with van der Waals surface area (Å²) in [6.07, 6.45) is 12.2. The van der Waals surface area contributed by atoms with Gasteiger partial charge in [0.15, 0.2) is 0 Å². The summed E-state index contributed by atoms with van der Waals surface area (Å²) in [5.74, 6) is 0.177. The molecule has 0 spiro atoms. The van der Waals surface area contributed by atoms with Gasteiger partial charge in [0.25, 0.3) is 0 Å². The lowest BCUT2D eigenvalue weighted by atomic mass is 9.74. The third-order valence-corrected chi connectivity index (χ3v) is 4.03. The van der Waals surface area contributed by atoms with E-state index in [1.807, 2.05) is 25.2 Å². The van der Waals surface area contributed by atoms with E-state index in [1.54, 1.807) is 0 Å². The van der Waals surface area contributed by atoms with Crippen molar-refractivity contribution >= 4 is 0 Å². The van der Waals surface area contributed by atoms with Gasteiger partial charge in [0.2, 0.25) is 0 Å². The van der Waals surface area contributed by atoms with Crippen LogP contribution in [0.3, 0.4) is 0 Å². The van der Waals surface area contributed by atoms with Crippen molar-refractivity contribution in [3.05, 3.63) is 23.8 Å². The first-order valence-corrected chi connectivity index (χ1v) is 7.41. The highest BCUT2D eigenvalue weighted by Crippen LogP contribution is 2.33. The van der Waals surface area contributed by atoms with Crippen molar-refractivity contribution in [2.75, 3.05) is 0 Å². The van der Waals surface area contributed by atoms with Gasteiger partial charge in [-0.25, -0.2) is 0 Å². The van der Waals surface area contributed by atoms with E-state index >= 15 is 0 Å². The lowest BCUT2D eigenvalue weighted by Gasteiger charge is -2.38. The van der Waals surface area contributed by atoms with Crippen LogP contribution in [0.25, 0.3) is 0 Å². The minimum Gasteiger partial charge on any atom is -0.388 e. The molecule has 1 aliphatic rings. The molecule has 18 heavy (non-hydrogen) atoms. The highest BCUT2D eigenvalue weighted by Gasteiger charge is 2.34. The van der Waals surface area contributed by atoms with E-state index in [2.05, 4.69) is 13.8 Å². The van der Waals surface area contributed by atoms with Crippen LogP contribution in [0.4, 0.5) is 0 Å². The van der Waals surface area contributed by atoms with E-state index < -0.39 is 6.10 Å². The first kappa shape index (κ1) is 15.5. The molecule has 1 rings (SSSR count). The van der Waals surface area contributed by atoms with Crippen LogP contribution in [0.5, 0.6) is 0 Å². The molecule has 0 aromatic heterocycles. The van der Waals surface area contributed by atoms with E-state index in [0.717, 1.165) is 44.1 Å². The molecule has 0 heterocycles. The molecule has 0 amide bonds. The largest absolute Gasteiger partial charge is 0.388 e. The molecule has 0 aromatic carbocycles. The summed E-state index contributed by atoms with van der Waals surface area (Å²) in [6, 6.07) is 0. The van der Waals surface area contributed by atoms with Crippen LogP contribution in [0.1, 0.15) is 59.3 Å². The zero-order chi connectivity index (χ0) is 13.6. The monoisotopic (exact) mass is 251 g/mol. The third kappa shape index (κ3) is 3.69. The van der Waals surface area contributed by atoms with Crippen molar-refractivity contribution in [3.63, 3.8) is 0 Å². The molecular weight excluding hydrogens is 222 g/mol. The normalized spacial score (nSPS) is 24.2. The SMILES string of the molecule is CCCCC(N)(CCCC)C1=CC=CC(C)C1O. The van der Waals surface area contributed by atoms with Gasteiger partial charge in [-0.15, -0.1) is 0 Å². The lowest BCUT2D eigenvalue weighted by molar-refractivity contribution is 0.148. The highest BCUT2D eigenvalue weighted by molar-refractivity contribution is 5.32. The van der Waals surface area contributed by atoms with Gasteiger partial charge in [0.05, 0.1) is 6.10 Å². The number of allylic oxidation sites excluding steroid dienone is 2. The van der Waals surface area contributed by atoms with Crippen LogP contribution in [0.2, 0.25) is 0 Å². The number of nitrogens with two attached hydrogens (primary N) is 1. The summed E-state index contributed by atoms with van der Waals surface area (Å²) in [5, 5.41) is 10.4. The van der Waals surface area contributed by atoms with Gasteiger partial charge in [0.1, 0.15) is 0 Å². The second-order valence-electron chi connectivity index (χ2n) is 5.67. The summed E-state index contributed by atoms with van der Waals surface area (Å²) < 4.78 is 0. The molecule has 0 aliphatic heterocycles. The van der Waals surface area contributed by atoms with Crippen molar-refractivity contribution in [1.29, 1.82) is 0 Å². The van der Waals surface area contributed by atoms with Crippen molar-refractivity contribution in [1.82, 2.24) is 0 Å². The average Bonchev–Trinajstić information content (AvgIpc) is 2.37. The van der Waals surface area contributed by atoms with E-state index in [1.165, 1.54) is 0 Å². The second-order valence-corrected chi connectivity index (χ2v) is 5.67. The summed E-state index contributed by atoms with van der Waals surface area (Å²) in [4.78, 5) is 0. The fourth-order valence-electron chi connectivity index (χ4n) is 2.68. The van der Waals surface area contributed by atoms with Crippen LogP contribution in [-0.4, -0.2) is 16.7 Å². The molecule has 0 saturated heterocycles. The molecule has 2 heteroatoms. The lowest BCUT2D eigenvalue weighted by Crippen LogP contribution is -2.47. The Morgan fingerprint density at radius 3 is 2.28 bits per heavy atom. The topological polar surface area (TPSA) is 46.2 Å². The Labute approximate surface area is 112 Å². The molecule has 2 atom stereocenters. The van der Waals surface area contributed by atoms with E-state index in [-0.39, 0.29) is 11.5 Å². The summed E-state index contributed by atoms with van der Waals surface area (Å²) in [7, 11) is 0. The smallest absolute Gasteiger partial charge is 0.0830 e. The molecule has 0 saturated carbocycles. The first-order valence-electron chi connectivity index (χ1n) is 7.41. The molecule has 2 unspecified atom stereocenters. The van der Waals surface area contributed by atoms with Gasteiger partial charge in [-0.1, -0.05) is 64.7 Å². The maximum Gasteiger partial charge on any atom is 0.0830 e. The summed E-state index contributed by atoms with van der Waals surface area (Å²) in [6.45, 7) is 6.43. The Kier molecular flexibility index (Phi) is 6.10. The standard InChI is InChI=1S/C16H29NO/c1-4-6-11-16(17,12-7-5-2)14-10-8-9-13(3)15(14)18/h8-10,13,15,18H,4-7,11-12,17H2,1-3H3. The minimum absolute atomic E-state index is 0.177.